The fourth-order valence-corrected chi connectivity index (χ4v) is 1.80. The minimum absolute atomic E-state index is 0.00824. The van der Waals surface area contributed by atoms with Crippen molar-refractivity contribution in [3.05, 3.63) is 23.8 Å². The van der Waals surface area contributed by atoms with Crippen LogP contribution in [-0.4, -0.2) is 18.7 Å². The van der Waals surface area contributed by atoms with Crippen molar-refractivity contribution in [2.24, 2.45) is 0 Å². The lowest BCUT2D eigenvalue weighted by Gasteiger charge is -2.15. The molecule has 5 nitrogen and oxygen atoms in total. The molecule has 0 spiro atoms. The number of unbranched alkanes of at least 4 members (excludes halogenated alkanes) is 2. The summed E-state index contributed by atoms with van der Waals surface area (Å²) in [4.78, 5) is 11.9. The lowest BCUT2D eigenvalue weighted by atomic mass is 10.2. The Kier molecular flexibility index (Phi) is 7.10. The fraction of sp³-hybridized carbons (Fsp3) is 0.500. The largest absolute Gasteiger partial charge is 0.489 e. The fourth-order valence-electron chi connectivity index (χ4n) is 1.80. The number of amides is 2. The van der Waals surface area contributed by atoms with E-state index in [1.165, 1.54) is 0 Å². The summed E-state index contributed by atoms with van der Waals surface area (Å²) in [5.41, 5.74) is 0.989. The molecular formula is C16H23N3O2. The van der Waals surface area contributed by atoms with Gasteiger partial charge in [0.15, 0.2) is 0 Å². The van der Waals surface area contributed by atoms with Crippen LogP contribution in [-0.2, 0) is 0 Å². The Hall–Kier alpha value is -2.22. The van der Waals surface area contributed by atoms with Gasteiger partial charge in [-0.1, -0.05) is 19.8 Å². The minimum Gasteiger partial charge on any atom is -0.489 e. The minimum atomic E-state index is -0.283. The molecule has 0 atom stereocenters. The van der Waals surface area contributed by atoms with Gasteiger partial charge in [-0.3, -0.25) is 0 Å². The lowest BCUT2D eigenvalue weighted by Crippen LogP contribution is -2.29. The molecule has 0 bridgehead atoms. The van der Waals surface area contributed by atoms with Crippen molar-refractivity contribution in [2.45, 2.75) is 46.1 Å². The van der Waals surface area contributed by atoms with Gasteiger partial charge < -0.3 is 15.4 Å². The molecule has 1 aromatic rings. The molecule has 0 aromatic heterocycles. The van der Waals surface area contributed by atoms with Crippen molar-refractivity contribution >= 4 is 11.7 Å². The quantitative estimate of drug-likeness (QED) is 0.752. The van der Waals surface area contributed by atoms with E-state index < -0.39 is 0 Å². The molecule has 1 aromatic carbocycles. The van der Waals surface area contributed by atoms with Crippen LogP contribution in [0.15, 0.2) is 18.2 Å². The SMILES string of the molecule is CCCCCNC(=O)Nc1cc(C#N)ccc1OC(C)C. The average Bonchev–Trinajstić information content (AvgIpc) is 2.45. The van der Waals surface area contributed by atoms with Gasteiger partial charge >= 0.3 is 6.03 Å². The smallest absolute Gasteiger partial charge is 0.319 e. The standard InChI is InChI=1S/C16H23N3O2/c1-4-5-6-9-18-16(20)19-14-10-13(11-17)7-8-15(14)21-12(2)3/h7-8,10,12H,4-6,9H2,1-3H3,(H2,18,19,20). The zero-order valence-corrected chi connectivity index (χ0v) is 12.9. The molecule has 114 valence electrons. The Bertz CT molecular complexity index is 507. The Morgan fingerprint density at radius 1 is 1.38 bits per heavy atom. The number of anilines is 1. The van der Waals surface area contributed by atoms with Gasteiger partial charge in [0.2, 0.25) is 0 Å². The summed E-state index contributed by atoms with van der Waals surface area (Å²) < 4.78 is 5.64. The maximum Gasteiger partial charge on any atom is 0.319 e. The number of benzene rings is 1. The molecule has 2 N–H and O–H groups in total. The first-order chi connectivity index (χ1) is 10.1. The van der Waals surface area contributed by atoms with E-state index in [9.17, 15) is 4.79 Å². The summed E-state index contributed by atoms with van der Waals surface area (Å²) in [6.45, 7) is 6.57. The highest BCUT2D eigenvalue weighted by molar-refractivity contribution is 5.91. The maximum absolute atomic E-state index is 11.9. The molecule has 0 saturated heterocycles. The monoisotopic (exact) mass is 289 g/mol. The molecule has 21 heavy (non-hydrogen) atoms. The molecule has 0 aliphatic carbocycles. The highest BCUT2D eigenvalue weighted by Gasteiger charge is 2.10. The van der Waals surface area contributed by atoms with E-state index in [1.54, 1.807) is 18.2 Å². The third-order valence-corrected chi connectivity index (χ3v) is 2.79. The Labute approximate surface area is 126 Å². The number of hydrogen-bond donors (Lipinski definition) is 2. The van der Waals surface area contributed by atoms with Gasteiger partial charge in [0.25, 0.3) is 0 Å². The van der Waals surface area contributed by atoms with Gasteiger partial charge in [0.1, 0.15) is 5.75 Å². The molecule has 0 fully saturated rings. The van der Waals surface area contributed by atoms with Gasteiger partial charge in [-0.25, -0.2) is 4.79 Å². The first kappa shape index (κ1) is 16.8. The summed E-state index contributed by atoms with van der Waals surface area (Å²) in [5, 5.41) is 14.5. The van der Waals surface area contributed by atoms with Crippen LogP contribution in [0.3, 0.4) is 0 Å². The number of carbonyl (C=O) groups is 1. The van der Waals surface area contributed by atoms with E-state index in [2.05, 4.69) is 23.6 Å². The van der Waals surface area contributed by atoms with Crippen molar-refractivity contribution in [1.82, 2.24) is 5.32 Å². The highest BCUT2D eigenvalue weighted by Crippen LogP contribution is 2.26. The van der Waals surface area contributed by atoms with Crippen LogP contribution in [0, 0.1) is 11.3 Å². The number of carbonyl (C=O) groups excluding carboxylic acids is 1. The van der Waals surface area contributed by atoms with Gasteiger partial charge in [0.05, 0.1) is 23.4 Å². The Balaban J connectivity index is 2.70. The van der Waals surface area contributed by atoms with E-state index in [-0.39, 0.29) is 12.1 Å². The van der Waals surface area contributed by atoms with E-state index >= 15 is 0 Å². The van der Waals surface area contributed by atoms with Crippen LogP contribution in [0.4, 0.5) is 10.5 Å². The number of ether oxygens (including phenoxy) is 1. The average molecular weight is 289 g/mol. The summed E-state index contributed by atoms with van der Waals surface area (Å²) in [7, 11) is 0. The molecule has 5 heteroatoms. The van der Waals surface area contributed by atoms with Crippen LogP contribution in [0.5, 0.6) is 5.75 Å². The molecule has 0 aliphatic rings. The van der Waals surface area contributed by atoms with Crippen LogP contribution < -0.4 is 15.4 Å². The van der Waals surface area contributed by atoms with Crippen molar-refractivity contribution in [2.75, 3.05) is 11.9 Å². The van der Waals surface area contributed by atoms with E-state index in [4.69, 9.17) is 10.00 Å². The molecule has 0 aliphatic heterocycles. The summed E-state index contributed by atoms with van der Waals surface area (Å²) in [6.07, 6.45) is 3.15. The Morgan fingerprint density at radius 2 is 2.14 bits per heavy atom. The van der Waals surface area contributed by atoms with Crippen molar-refractivity contribution in [3.8, 4) is 11.8 Å². The first-order valence-corrected chi connectivity index (χ1v) is 7.32. The van der Waals surface area contributed by atoms with Crippen LogP contribution in [0.2, 0.25) is 0 Å². The summed E-state index contributed by atoms with van der Waals surface area (Å²) in [5.74, 6) is 0.563. The van der Waals surface area contributed by atoms with Crippen LogP contribution in [0.25, 0.3) is 0 Å². The second kappa shape index (κ2) is 8.85. The number of nitriles is 1. The zero-order valence-electron chi connectivity index (χ0n) is 12.9. The van der Waals surface area contributed by atoms with Crippen molar-refractivity contribution < 1.29 is 9.53 Å². The number of hydrogen-bond acceptors (Lipinski definition) is 3. The zero-order chi connectivity index (χ0) is 15.7. The maximum atomic E-state index is 11.9. The highest BCUT2D eigenvalue weighted by atomic mass is 16.5. The molecule has 0 heterocycles. The second-order valence-corrected chi connectivity index (χ2v) is 5.08. The molecule has 2 amide bonds. The molecule has 0 saturated carbocycles. The van der Waals surface area contributed by atoms with E-state index in [0.717, 1.165) is 19.3 Å². The number of nitrogens with zero attached hydrogens (tertiary/aromatic N) is 1. The Morgan fingerprint density at radius 3 is 2.76 bits per heavy atom. The van der Waals surface area contributed by atoms with Crippen LogP contribution >= 0.6 is 0 Å². The van der Waals surface area contributed by atoms with Crippen molar-refractivity contribution in [1.29, 1.82) is 5.26 Å². The molecule has 0 radical (unpaired) electrons. The summed E-state index contributed by atoms with van der Waals surface area (Å²) in [6, 6.07) is 6.75. The van der Waals surface area contributed by atoms with Crippen LogP contribution in [0.1, 0.15) is 45.6 Å². The topological polar surface area (TPSA) is 74.2 Å². The third kappa shape index (κ3) is 6.17. The van der Waals surface area contributed by atoms with E-state index in [0.29, 0.717) is 23.5 Å². The molecule has 0 unspecified atom stereocenters. The number of rotatable bonds is 7. The van der Waals surface area contributed by atoms with E-state index in [1.807, 2.05) is 13.8 Å². The predicted octanol–water partition coefficient (Wildman–Crippen LogP) is 3.66. The van der Waals surface area contributed by atoms with Crippen molar-refractivity contribution in [3.63, 3.8) is 0 Å². The van der Waals surface area contributed by atoms with Gasteiger partial charge in [-0.15, -0.1) is 0 Å². The number of urea groups is 1. The molecular weight excluding hydrogens is 266 g/mol. The first-order valence-electron chi connectivity index (χ1n) is 7.32. The summed E-state index contributed by atoms with van der Waals surface area (Å²) >= 11 is 0. The van der Waals surface area contributed by atoms with Gasteiger partial charge in [0, 0.05) is 6.54 Å². The number of nitrogens with one attached hydrogen (secondary N) is 2. The van der Waals surface area contributed by atoms with Gasteiger partial charge in [-0.05, 0) is 38.5 Å². The third-order valence-electron chi connectivity index (χ3n) is 2.79. The van der Waals surface area contributed by atoms with Gasteiger partial charge in [-0.2, -0.15) is 5.26 Å². The predicted molar refractivity (Wildman–Crippen MR) is 83.5 cm³/mol. The second-order valence-electron chi connectivity index (χ2n) is 5.08. The normalized spacial score (nSPS) is 10.0. The lowest BCUT2D eigenvalue weighted by molar-refractivity contribution is 0.241. The molecule has 1 rings (SSSR count).